The van der Waals surface area contributed by atoms with Gasteiger partial charge in [0.15, 0.2) is 0 Å². The van der Waals surface area contributed by atoms with E-state index in [1.165, 1.54) is 6.92 Å². The number of nitrogens with two attached hydrogens (primary N) is 3. The highest BCUT2D eigenvalue weighted by Gasteiger charge is 2.36. The lowest BCUT2D eigenvalue weighted by Gasteiger charge is -2.15. The van der Waals surface area contributed by atoms with E-state index in [2.05, 4.69) is 0 Å². The van der Waals surface area contributed by atoms with Gasteiger partial charge in [0.25, 0.3) is 0 Å². The van der Waals surface area contributed by atoms with Gasteiger partial charge >= 0.3 is 17.9 Å². The molecule has 9 nitrogen and oxygen atoms in total. The van der Waals surface area contributed by atoms with Crippen molar-refractivity contribution in [3.05, 3.63) is 0 Å². The SMILES string of the molecule is CC(C)[C@H](N)C(=O)O.C[C@H](N)C(=O)O.NC1(C(=O)O)CCCC1. The van der Waals surface area contributed by atoms with Gasteiger partial charge in [-0.05, 0) is 25.7 Å². The zero-order valence-corrected chi connectivity index (χ0v) is 13.9. The van der Waals surface area contributed by atoms with Crippen molar-refractivity contribution in [1.29, 1.82) is 0 Å². The van der Waals surface area contributed by atoms with Crippen LogP contribution in [-0.4, -0.2) is 50.9 Å². The van der Waals surface area contributed by atoms with Crippen LogP contribution in [0.5, 0.6) is 0 Å². The number of carbonyl (C=O) groups is 3. The molecule has 0 amide bonds. The van der Waals surface area contributed by atoms with Crippen LogP contribution in [0.2, 0.25) is 0 Å². The van der Waals surface area contributed by atoms with Crippen LogP contribution in [0.3, 0.4) is 0 Å². The number of hydrogen-bond donors (Lipinski definition) is 6. The standard InChI is InChI=1S/C6H11NO2.C5H11NO2.C3H7NO2/c7-6(5(8)9)3-1-2-4-6;1-3(2)4(6)5(7)8;1-2(4)3(5)6/h1-4,7H2,(H,8,9);3-4H,6H2,1-2H3,(H,7,8);2H,4H2,1H3,(H,5,6)/t;4-;2-/m.00/s1. The lowest BCUT2D eigenvalue weighted by Crippen LogP contribution is -2.44. The third-order valence-electron chi connectivity index (χ3n) is 3.31. The summed E-state index contributed by atoms with van der Waals surface area (Å²) in [5.74, 6) is -2.72. The van der Waals surface area contributed by atoms with E-state index in [-0.39, 0.29) is 5.92 Å². The molecule has 1 rings (SSSR count). The molecule has 2 atom stereocenters. The lowest BCUT2D eigenvalue weighted by atomic mass is 10.0. The quantitative estimate of drug-likeness (QED) is 0.404. The largest absolute Gasteiger partial charge is 0.480 e. The number of rotatable bonds is 4. The smallest absolute Gasteiger partial charge is 0.323 e. The van der Waals surface area contributed by atoms with Gasteiger partial charge in [0, 0.05) is 0 Å². The van der Waals surface area contributed by atoms with Crippen LogP contribution in [0.4, 0.5) is 0 Å². The second kappa shape index (κ2) is 10.9. The van der Waals surface area contributed by atoms with E-state index in [0.717, 1.165) is 12.8 Å². The Labute approximate surface area is 135 Å². The maximum atomic E-state index is 10.4. The third kappa shape index (κ3) is 10.6. The summed E-state index contributed by atoms with van der Waals surface area (Å²) in [6.45, 7) is 4.97. The fourth-order valence-corrected chi connectivity index (χ4v) is 1.50. The summed E-state index contributed by atoms with van der Waals surface area (Å²) in [5, 5.41) is 24.6. The molecule has 0 aromatic rings. The van der Waals surface area contributed by atoms with Gasteiger partial charge in [-0.3, -0.25) is 14.4 Å². The maximum absolute atomic E-state index is 10.4. The molecule has 0 aromatic carbocycles. The van der Waals surface area contributed by atoms with Crippen molar-refractivity contribution < 1.29 is 29.7 Å². The van der Waals surface area contributed by atoms with E-state index in [4.69, 9.17) is 32.5 Å². The zero-order valence-electron chi connectivity index (χ0n) is 13.9. The van der Waals surface area contributed by atoms with Crippen molar-refractivity contribution in [3.63, 3.8) is 0 Å². The fraction of sp³-hybridized carbons (Fsp3) is 0.786. The molecule has 0 radical (unpaired) electrons. The summed E-state index contributed by atoms with van der Waals surface area (Å²) < 4.78 is 0. The number of carboxylic acid groups (broad SMARTS) is 3. The average molecular weight is 335 g/mol. The van der Waals surface area contributed by atoms with Crippen molar-refractivity contribution >= 4 is 17.9 Å². The van der Waals surface area contributed by atoms with E-state index in [0.29, 0.717) is 12.8 Å². The van der Waals surface area contributed by atoms with E-state index < -0.39 is 35.5 Å². The molecule has 0 heterocycles. The summed E-state index contributed by atoms with van der Waals surface area (Å²) >= 11 is 0. The average Bonchev–Trinajstić information content (AvgIpc) is 2.87. The predicted octanol–water partition coefficient (Wildman–Crippen LogP) is -0.185. The highest BCUT2D eigenvalue weighted by Crippen LogP contribution is 2.26. The molecule has 0 unspecified atom stereocenters. The van der Waals surface area contributed by atoms with Crippen molar-refractivity contribution in [2.75, 3.05) is 0 Å². The normalized spacial score (nSPS) is 17.9. The number of aliphatic carboxylic acids is 3. The summed E-state index contributed by atoms with van der Waals surface area (Å²) in [5.41, 5.74) is 14.6. The molecule has 136 valence electrons. The highest BCUT2D eigenvalue weighted by atomic mass is 16.4. The molecule has 1 aliphatic carbocycles. The first kappa shape index (κ1) is 23.6. The number of hydrogen-bond acceptors (Lipinski definition) is 6. The Morgan fingerprint density at radius 2 is 1.26 bits per heavy atom. The topological polar surface area (TPSA) is 190 Å². The first-order valence-corrected chi connectivity index (χ1v) is 7.34. The maximum Gasteiger partial charge on any atom is 0.323 e. The summed E-state index contributed by atoms with van der Waals surface area (Å²) in [4.78, 5) is 30.0. The summed E-state index contributed by atoms with van der Waals surface area (Å²) in [6.07, 6.45) is 3.20. The molecule has 23 heavy (non-hydrogen) atoms. The molecule has 0 aromatic heterocycles. The van der Waals surface area contributed by atoms with Gasteiger partial charge in [0.05, 0.1) is 0 Å². The number of carboxylic acids is 3. The first-order valence-electron chi connectivity index (χ1n) is 7.34. The van der Waals surface area contributed by atoms with Gasteiger partial charge in [-0.25, -0.2) is 0 Å². The van der Waals surface area contributed by atoms with Gasteiger partial charge < -0.3 is 32.5 Å². The van der Waals surface area contributed by atoms with Gasteiger partial charge in [0.1, 0.15) is 17.6 Å². The molecular weight excluding hydrogens is 306 g/mol. The van der Waals surface area contributed by atoms with Gasteiger partial charge in [-0.1, -0.05) is 26.7 Å². The molecule has 9 heteroatoms. The second-order valence-corrected chi connectivity index (χ2v) is 5.90. The van der Waals surface area contributed by atoms with Crippen LogP contribution < -0.4 is 17.2 Å². The molecule has 0 aliphatic heterocycles. The lowest BCUT2D eigenvalue weighted by molar-refractivity contribution is -0.143. The van der Waals surface area contributed by atoms with Crippen molar-refractivity contribution in [1.82, 2.24) is 0 Å². The first-order chi connectivity index (χ1) is 10.3. The van der Waals surface area contributed by atoms with E-state index in [9.17, 15) is 14.4 Å². The third-order valence-corrected chi connectivity index (χ3v) is 3.31. The van der Waals surface area contributed by atoms with Crippen LogP contribution >= 0.6 is 0 Å². The van der Waals surface area contributed by atoms with Crippen LogP contribution in [0.15, 0.2) is 0 Å². The Morgan fingerprint density at radius 1 is 0.913 bits per heavy atom. The molecule has 9 N–H and O–H groups in total. The molecule has 1 aliphatic rings. The van der Waals surface area contributed by atoms with Gasteiger partial charge in [-0.2, -0.15) is 0 Å². The molecule has 1 fully saturated rings. The van der Waals surface area contributed by atoms with Crippen LogP contribution in [0.25, 0.3) is 0 Å². The van der Waals surface area contributed by atoms with Crippen molar-refractivity contribution in [3.8, 4) is 0 Å². The van der Waals surface area contributed by atoms with Crippen molar-refractivity contribution in [2.24, 2.45) is 23.1 Å². The Kier molecular flexibility index (Phi) is 11.2. The Morgan fingerprint density at radius 3 is 1.35 bits per heavy atom. The minimum atomic E-state index is -0.963. The summed E-state index contributed by atoms with van der Waals surface area (Å²) in [6, 6.07) is -1.44. The van der Waals surface area contributed by atoms with Crippen molar-refractivity contribution in [2.45, 2.75) is 64.1 Å². The monoisotopic (exact) mass is 335 g/mol. The Balaban J connectivity index is 0. The molecule has 1 saturated carbocycles. The molecule has 0 bridgehead atoms. The van der Waals surface area contributed by atoms with Crippen LogP contribution in [0, 0.1) is 5.92 Å². The van der Waals surface area contributed by atoms with Crippen LogP contribution in [-0.2, 0) is 14.4 Å². The second-order valence-electron chi connectivity index (χ2n) is 5.90. The zero-order chi connectivity index (χ0) is 18.8. The summed E-state index contributed by atoms with van der Waals surface area (Å²) in [7, 11) is 0. The van der Waals surface area contributed by atoms with E-state index in [1.807, 2.05) is 0 Å². The molecule has 0 spiro atoms. The Hall–Kier alpha value is -1.71. The minimum absolute atomic E-state index is 0.0208. The van der Waals surface area contributed by atoms with Crippen LogP contribution in [0.1, 0.15) is 46.5 Å². The van der Waals surface area contributed by atoms with Gasteiger partial charge in [0.2, 0.25) is 0 Å². The molecule has 0 saturated heterocycles. The molecular formula is C14H29N3O6. The highest BCUT2D eigenvalue weighted by molar-refractivity contribution is 5.78. The Bertz CT molecular complexity index is 392. The minimum Gasteiger partial charge on any atom is -0.480 e. The van der Waals surface area contributed by atoms with E-state index in [1.54, 1.807) is 13.8 Å². The predicted molar refractivity (Wildman–Crippen MR) is 84.8 cm³/mol. The van der Waals surface area contributed by atoms with E-state index >= 15 is 0 Å². The van der Waals surface area contributed by atoms with Gasteiger partial charge in [-0.15, -0.1) is 0 Å². The fourth-order valence-electron chi connectivity index (χ4n) is 1.50.